The lowest BCUT2D eigenvalue weighted by molar-refractivity contribution is 0.112. The Morgan fingerprint density at radius 3 is 2.80 bits per heavy atom. The molecule has 15 heavy (non-hydrogen) atoms. The first-order valence-electron chi connectivity index (χ1n) is 4.64. The first-order chi connectivity index (χ1) is 7.29. The van der Waals surface area contributed by atoms with Crippen molar-refractivity contribution in [2.75, 3.05) is 0 Å². The number of hydrogen-bond donors (Lipinski definition) is 0. The minimum absolute atomic E-state index is 0.656. The molecule has 0 fully saturated rings. The lowest BCUT2D eigenvalue weighted by Crippen LogP contribution is -1.89. The van der Waals surface area contributed by atoms with Crippen LogP contribution in [0.15, 0.2) is 36.7 Å². The summed E-state index contributed by atoms with van der Waals surface area (Å²) in [6, 6.07) is 9.24. The fourth-order valence-corrected chi connectivity index (χ4v) is 1.38. The molecule has 0 aliphatic heterocycles. The molecule has 0 saturated carbocycles. The molecule has 0 aliphatic carbocycles. The number of nitrogens with zero attached hydrogens (tertiary/aromatic N) is 2. The molecule has 3 heteroatoms. The molecule has 1 heterocycles. The summed E-state index contributed by atoms with van der Waals surface area (Å²) in [5, 5.41) is 0. The fourth-order valence-electron chi connectivity index (χ4n) is 1.38. The van der Waals surface area contributed by atoms with E-state index < -0.39 is 0 Å². The van der Waals surface area contributed by atoms with Crippen molar-refractivity contribution >= 4 is 6.29 Å². The minimum atomic E-state index is 0.656. The van der Waals surface area contributed by atoms with Gasteiger partial charge in [0.05, 0.1) is 5.69 Å². The summed E-state index contributed by atoms with van der Waals surface area (Å²) in [5.74, 6) is 0. The molecule has 0 bridgehead atoms. The minimum Gasteiger partial charge on any atom is -0.298 e. The zero-order chi connectivity index (χ0) is 10.7. The highest BCUT2D eigenvalue weighted by atomic mass is 16.1. The lowest BCUT2D eigenvalue weighted by atomic mass is 10.1. The summed E-state index contributed by atoms with van der Waals surface area (Å²) in [5.41, 5.74) is 3.34. The van der Waals surface area contributed by atoms with Gasteiger partial charge in [0.15, 0.2) is 0 Å². The second-order valence-corrected chi connectivity index (χ2v) is 3.29. The molecular formula is C12H10N2O. The Balaban J connectivity index is 2.49. The quantitative estimate of drug-likeness (QED) is 0.695. The van der Waals surface area contributed by atoms with Crippen LogP contribution >= 0.6 is 0 Å². The third kappa shape index (κ3) is 2.07. The second kappa shape index (κ2) is 4.00. The number of carbonyl (C=O) groups is 1. The Morgan fingerprint density at radius 2 is 2.07 bits per heavy atom. The van der Waals surface area contributed by atoms with Crippen molar-refractivity contribution in [3.05, 3.63) is 47.9 Å². The second-order valence-electron chi connectivity index (χ2n) is 3.29. The highest BCUT2D eigenvalue weighted by molar-refractivity contribution is 5.78. The molecule has 0 radical (unpaired) electrons. The smallest absolute Gasteiger partial charge is 0.150 e. The van der Waals surface area contributed by atoms with Crippen LogP contribution in [0.2, 0.25) is 0 Å². The number of aldehydes is 1. The van der Waals surface area contributed by atoms with Gasteiger partial charge in [-0.25, -0.2) is 9.97 Å². The Morgan fingerprint density at radius 1 is 1.20 bits per heavy atom. The maximum absolute atomic E-state index is 10.6. The van der Waals surface area contributed by atoms with E-state index in [4.69, 9.17) is 0 Å². The van der Waals surface area contributed by atoms with E-state index in [0.29, 0.717) is 5.56 Å². The van der Waals surface area contributed by atoms with E-state index in [0.717, 1.165) is 23.2 Å². The van der Waals surface area contributed by atoms with Crippen molar-refractivity contribution in [2.45, 2.75) is 6.92 Å². The Labute approximate surface area is 87.8 Å². The number of hydrogen-bond acceptors (Lipinski definition) is 3. The summed E-state index contributed by atoms with van der Waals surface area (Å²) < 4.78 is 0. The summed E-state index contributed by atoms with van der Waals surface area (Å²) in [6.07, 6.45) is 2.36. The van der Waals surface area contributed by atoms with Crippen LogP contribution in [0, 0.1) is 6.92 Å². The van der Waals surface area contributed by atoms with Crippen LogP contribution in [0.25, 0.3) is 11.3 Å². The molecule has 0 saturated heterocycles. The molecule has 0 spiro atoms. The summed E-state index contributed by atoms with van der Waals surface area (Å²) in [7, 11) is 0. The fraction of sp³-hybridized carbons (Fsp3) is 0.0833. The van der Waals surface area contributed by atoms with Gasteiger partial charge in [0.1, 0.15) is 12.6 Å². The Bertz CT molecular complexity index is 494. The van der Waals surface area contributed by atoms with Crippen LogP contribution in [-0.2, 0) is 0 Å². The van der Waals surface area contributed by atoms with E-state index in [1.165, 1.54) is 6.33 Å². The van der Waals surface area contributed by atoms with Gasteiger partial charge in [-0.2, -0.15) is 0 Å². The Hall–Kier alpha value is -2.03. The molecule has 74 valence electrons. The number of aromatic nitrogens is 2. The van der Waals surface area contributed by atoms with Gasteiger partial charge in [-0.05, 0) is 19.1 Å². The predicted octanol–water partition coefficient (Wildman–Crippen LogP) is 2.26. The summed E-state index contributed by atoms with van der Waals surface area (Å²) in [6.45, 7) is 1.91. The molecular weight excluding hydrogens is 188 g/mol. The van der Waals surface area contributed by atoms with Gasteiger partial charge in [0.2, 0.25) is 0 Å². The highest BCUT2D eigenvalue weighted by Crippen LogP contribution is 2.17. The number of rotatable bonds is 2. The van der Waals surface area contributed by atoms with Gasteiger partial charge in [-0.1, -0.05) is 18.2 Å². The highest BCUT2D eigenvalue weighted by Gasteiger charge is 2.00. The average Bonchev–Trinajstić information content (AvgIpc) is 2.29. The predicted molar refractivity (Wildman–Crippen MR) is 57.6 cm³/mol. The van der Waals surface area contributed by atoms with E-state index >= 15 is 0 Å². The zero-order valence-electron chi connectivity index (χ0n) is 8.34. The van der Waals surface area contributed by atoms with E-state index in [1.54, 1.807) is 6.07 Å². The molecule has 0 aliphatic rings. The SMILES string of the molecule is Cc1cc(-c2cccc(C=O)c2)ncn1. The van der Waals surface area contributed by atoms with Gasteiger partial charge < -0.3 is 0 Å². The standard InChI is InChI=1S/C12H10N2O/c1-9-5-12(14-8-13-9)11-4-2-3-10(6-11)7-15/h2-8H,1H3. The average molecular weight is 198 g/mol. The topological polar surface area (TPSA) is 42.9 Å². The largest absolute Gasteiger partial charge is 0.298 e. The van der Waals surface area contributed by atoms with Crippen LogP contribution in [0.5, 0.6) is 0 Å². The third-order valence-electron chi connectivity index (χ3n) is 2.12. The van der Waals surface area contributed by atoms with E-state index in [2.05, 4.69) is 9.97 Å². The van der Waals surface area contributed by atoms with Crippen LogP contribution in [0.3, 0.4) is 0 Å². The van der Waals surface area contributed by atoms with Crippen molar-refractivity contribution in [1.82, 2.24) is 9.97 Å². The van der Waals surface area contributed by atoms with Crippen LogP contribution < -0.4 is 0 Å². The van der Waals surface area contributed by atoms with Gasteiger partial charge in [-0.15, -0.1) is 0 Å². The van der Waals surface area contributed by atoms with Gasteiger partial charge in [0.25, 0.3) is 0 Å². The molecule has 3 nitrogen and oxygen atoms in total. The maximum Gasteiger partial charge on any atom is 0.150 e. The maximum atomic E-state index is 10.6. The summed E-state index contributed by atoms with van der Waals surface area (Å²) in [4.78, 5) is 18.8. The van der Waals surface area contributed by atoms with E-state index in [1.807, 2.05) is 31.2 Å². The van der Waals surface area contributed by atoms with Crippen molar-refractivity contribution in [3.63, 3.8) is 0 Å². The zero-order valence-corrected chi connectivity index (χ0v) is 8.34. The van der Waals surface area contributed by atoms with Gasteiger partial charge >= 0.3 is 0 Å². The monoisotopic (exact) mass is 198 g/mol. The lowest BCUT2D eigenvalue weighted by Gasteiger charge is -2.01. The molecule has 2 aromatic rings. The molecule has 0 unspecified atom stereocenters. The third-order valence-corrected chi connectivity index (χ3v) is 2.12. The van der Waals surface area contributed by atoms with Crippen LogP contribution in [0.4, 0.5) is 0 Å². The first kappa shape index (κ1) is 9.52. The summed E-state index contributed by atoms with van der Waals surface area (Å²) >= 11 is 0. The molecule has 1 aromatic heterocycles. The van der Waals surface area contributed by atoms with Gasteiger partial charge in [-0.3, -0.25) is 4.79 Å². The number of benzene rings is 1. The first-order valence-corrected chi connectivity index (χ1v) is 4.64. The van der Waals surface area contributed by atoms with Crippen LogP contribution in [0.1, 0.15) is 16.1 Å². The molecule has 0 amide bonds. The van der Waals surface area contributed by atoms with E-state index in [9.17, 15) is 4.79 Å². The van der Waals surface area contributed by atoms with Crippen molar-refractivity contribution < 1.29 is 4.79 Å². The number of carbonyl (C=O) groups excluding carboxylic acids is 1. The van der Waals surface area contributed by atoms with E-state index in [-0.39, 0.29) is 0 Å². The van der Waals surface area contributed by atoms with Crippen LogP contribution in [-0.4, -0.2) is 16.3 Å². The van der Waals surface area contributed by atoms with Crippen molar-refractivity contribution in [2.24, 2.45) is 0 Å². The van der Waals surface area contributed by atoms with Crippen molar-refractivity contribution in [1.29, 1.82) is 0 Å². The Kier molecular flexibility index (Phi) is 2.54. The normalized spacial score (nSPS) is 9.93. The molecule has 2 rings (SSSR count). The van der Waals surface area contributed by atoms with Gasteiger partial charge in [0, 0.05) is 16.8 Å². The molecule has 1 aromatic carbocycles. The number of aryl methyl sites for hydroxylation is 1. The molecule has 0 atom stereocenters. The van der Waals surface area contributed by atoms with Crippen molar-refractivity contribution in [3.8, 4) is 11.3 Å². The molecule has 0 N–H and O–H groups in total.